The molecular formula is C78H111N21O19S. The number of rotatable bonds is 50. The minimum absolute atomic E-state index is 0.0218. The number of phenolic OH excluding ortho intramolecular Hbond substituents is 1. The molecule has 648 valence electrons. The maximum absolute atomic E-state index is 15.4. The Morgan fingerprint density at radius 3 is 1.73 bits per heavy atom. The molecule has 26 N–H and O–H groups in total. The molecule has 1 fully saturated rings. The number of aromatic amines is 2. The van der Waals surface area contributed by atoms with Gasteiger partial charge < -0.3 is 122 Å². The number of carbonyl (C=O) groups excluding carboxylic acids is 14. The summed E-state index contributed by atoms with van der Waals surface area (Å²) >= 11 is 1.23. The number of aliphatic hydroxyl groups excluding tert-OH is 2. The number of aromatic nitrogens is 3. The molecule has 1 aliphatic heterocycles. The average molecular weight is 1680 g/mol. The van der Waals surface area contributed by atoms with E-state index >= 15 is 14.4 Å². The van der Waals surface area contributed by atoms with Gasteiger partial charge in [0, 0.05) is 74.9 Å². The lowest BCUT2D eigenvalue weighted by atomic mass is 9.91. The van der Waals surface area contributed by atoms with Crippen LogP contribution in [0.2, 0.25) is 0 Å². The summed E-state index contributed by atoms with van der Waals surface area (Å²) in [6.45, 7) is 3.72. The number of fused-ring (bicyclic) bond motifs is 1. The van der Waals surface area contributed by atoms with E-state index in [1.54, 1.807) is 87.8 Å². The highest BCUT2D eigenvalue weighted by Gasteiger charge is 2.41. The number of carbonyl (C=O) groups is 15. The second-order valence-electron chi connectivity index (χ2n) is 29.0. The first-order chi connectivity index (χ1) is 56.7. The molecule has 0 bridgehead atoms. The number of aliphatic hydroxyl groups is 2. The minimum atomic E-state index is -1.84. The van der Waals surface area contributed by atoms with Gasteiger partial charge in [-0.05, 0) is 117 Å². The third kappa shape index (κ3) is 30.6. The van der Waals surface area contributed by atoms with Crippen molar-refractivity contribution in [3.05, 3.63) is 120 Å². The van der Waals surface area contributed by atoms with E-state index in [4.69, 9.17) is 22.9 Å². The number of aliphatic carboxylic acids is 1. The Bertz CT molecular complexity index is 4300. The number of H-pyrrole nitrogens is 2. The molecule has 40 nitrogen and oxygen atoms in total. The third-order valence-corrected chi connectivity index (χ3v) is 20.3. The van der Waals surface area contributed by atoms with Crippen molar-refractivity contribution >= 4 is 117 Å². The molecule has 0 saturated carbocycles. The van der Waals surface area contributed by atoms with Gasteiger partial charge in [-0.25, -0.2) is 4.98 Å². The zero-order chi connectivity index (χ0) is 87.4. The summed E-state index contributed by atoms with van der Waals surface area (Å²) in [5, 5.41) is 71.6. The molecule has 2 aromatic heterocycles. The number of amides is 14. The van der Waals surface area contributed by atoms with Gasteiger partial charge in [0.15, 0.2) is 5.96 Å². The number of nitrogens with zero attached hydrogens (tertiary/aromatic N) is 3. The first-order valence-corrected chi connectivity index (χ1v) is 40.4. The highest BCUT2D eigenvalue weighted by Crippen LogP contribution is 2.25. The van der Waals surface area contributed by atoms with Crippen LogP contribution >= 0.6 is 11.8 Å². The van der Waals surface area contributed by atoms with Gasteiger partial charge in [0.2, 0.25) is 82.7 Å². The van der Waals surface area contributed by atoms with Crippen LogP contribution in [-0.4, -0.2) is 259 Å². The van der Waals surface area contributed by atoms with E-state index in [-0.39, 0.29) is 93.7 Å². The molecule has 5 aromatic rings. The molecule has 41 heteroatoms. The molecule has 1 saturated heterocycles. The van der Waals surface area contributed by atoms with Crippen LogP contribution in [0.1, 0.15) is 120 Å². The average Bonchev–Trinajstić information content (AvgIpc) is 1.74. The van der Waals surface area contributed by atoms with Crippen LogP contribution in [0.15, 0.2) is 103 Å². The summed E-state index contributed by atoms with van der Waals surface area (Å²) in [7, 11) is 0. The monoisotopic (exact) mass is 1680 g/mol. The van der Waals surface area contributed by atoms with Gasteiger partial charge in [-0.1, -0.05) is 81.4 Å². The number of hydrogen-bond donors (Lipinski definition) is 22. The Kier molecular flexibility index (Phi) is 38.9. The van der Waals surface area contributed by atoms with E-state index in [2.05, 4.69) is 83.7 Å². The molecule has 3 aromatic carbocycles. The molecule has 13 atom stereocenters. The molecule has 14 amide bonds. The van der Waals surface area contributed by atoms with Crippen LogP contribution in [0.4, 0.5) is 0 Å². The lowest BCUT2D eigenvalue weighted by Gasteiger charge is -2.30. The summed E-state index contributed by atoms with van der Waals surface area (Å²) < 4.78 is 0. The number of thioether (sulfide) groups is 1. The van der Waals surface area contributed by atoms with Gasteiger partial charge in [-0.15, -0.1) is 0 Å². The van der Waals surface area contributed by atoms with E-state index in [9.17, 15) is 78.0 Å². The molecular weight excluding hydrogens is 1570 g/mol. The first-order valence-electron chi connectivity index (χ1n) is 39.0. The van der Waals surface area contributed by atoms with Crippen molar-refractivity contribution in [3.63, 3.8) is 0 Å². The van der Waals surface area contributed by atoms with Gasteiger partial charge in [0.1, 0.15) is 78.3 Å². The van der Waals surface area contributed by atoms with Crippen LogP contribution in [-0.2, 0) is 91.2 Å². The van der Waals surface area contributed by atoms with Crippen molar-refractivity contribution < 1.29 is 92.3 Å². The van der Waals surface area contributed by atoms with Crippen molar-refractivity contribution in [2.24, 2.45) is 33.8 Å². The fraction of sp³-hybridized carbons (Fsp3) is 0.500. The molecule has 3 heterocycles. The largest absolute Gasteiger partial charge is 0.508 e. The number of benzene rings is 3. The van der Waals surface area contributed by atoms with E-state index in [1.807, 2.05) is 0 Å². The number of para-hydroxylation sites is 1. The highest BCUT2D eigenvalue weighted by atomic mass is 32.2. The SMILES string of the molecule is CSCC[C@H](NC(=O)[C@H](CO)NC(=O)[C@H](Cc1ccc(O)cc1)NC(=O)[C@H](CO)NC(C)=O)C(=O)N[C@@H](CCC(=O)O)C(=O)N[C@@H](Cc1c[nH]cn1)C(=O)N[C@@H](C(=O)N[C@@H](CCCN=C(N)N)C(=O)N[C@@H](Cc1c[nH]c2ccccc12)C(=O)NCC(=O)N[C@@H](CCCCN)C(=O)N1CCC[C@H]1C(=O)N[C@H](C(N)=O)C(C)C)[C@@H](C)c1ccccc1. The van der Waals surface area contributed by atoms with Crippen molar-refractivity contribution in [2.75, 3.05) is 51.4 Å². The number of unbranched alkanes of at least 4 members (excludes halogenated alkanes) is 1. The predicted octanol–water partition coefficient (Wildman–Crippen LogP) is -4.19. The standard InChI is InChI=1S/C78H111N21O19S/c1-42(2)64(66(80)107)97-75(116)61-21-14-31-99(61)77(118)55(19-11-12-29-79)89-62(104)38-86-67(108)57(34-47-36-85-51-18-10-9-17-50(47)51)94-68(109)52(20-13-30-84-78(81)82)92-76(117)65(43(3)46-15-7-6-8-16-46)98-72(113)58(35-48-37-83-41-87-48)95-69(110)53(26-27-63(105)106)90-70(111)54(28-32-119-5)91-74(115)60(40-101)96-71(112)56(33-45-22-24-49(103)25-23-45)93-73(114)59(39-100)88-44(4)102/h6-10,15-18,22-25,36-37,41-43,52-61,64-65,85,100-101,103H,11-14,19-21,26-35,38-40,79H2,1-5H3,(H2,80,107)(H,83,87)(H,86,108)(H,88,102)(H,89,104)(H,90,111)(H,91,115)(H,92,117)(H,93,114)(H,94,109)(H,95,110)(H,96,112)(H,97,116)(H,98,113)(H,105,106)(H4,81,82,84)/t43-,52-,53-,54-,55-,56-,57-,58-,59-,60-,61-,64-,65+/m0/s1. The van der Waals surface area contributed by atoms with Crippen LogP contribution in [0.3, 0.4) is 0 Å². The lowest BCUT2D eigenvalue weighted by Crippen LogP contribution is -2.61. The number of likely N-dealkylation sites (tertiary alicyclic amines) is 1. The zero-order valence-electron chi connectivity index (χ0n) is 66.9. The minimum Gasteiger partial charge on any atom is -0.508 e. The Labute approximate surface area is 690 Å². The number of carboxylic acids is 1. The number of carboxylic acid groups (broad SMARTS) is 1. The van der Waals surface area contributed by atoms with Crippen molar-refractivity contribution in [3.8, 4) is 5.75 Å². The maximum Gasteiger partial charge on any atom is 0.303 e. The molecule has 0 spiro atoms. The lowest BCUT2D eigenvalue weighted by molar-refractivity contribution is -0.142. The topological polar surface area (TPSA) is 645 Å². The second-order valence-corrected chi connectivity index (χ2v) is 30.0. The molecule has 1 aliphatic rings. The van der Waals surface area contributed by atoms with Gasteiger partial charge in [0.25, 0.3) is 0 Å². The number of phenols is 1. The van der Waals surface area contributed by atoms with E-state index in [0.717, 1.165) is 6.92 Å². The quantitative estimate of drug-likeness (QED) is 0.00997. The van der Waals surface area contributed by atoms with E-state index in [1.165, 1.54) is 53.5 Å². The third-order valence-electron chi connectivity index (χ3n) is 19.7. The van der Waals surface area contributed by atoms with Crippen LogP contribution in [0, 0.1) is 5.92 Å². The van der Waals surface area contributed by atoms with Crippen LogP contribution in [0.5, 0.6) is 5.75 Å². The van der Waals surface area contributed by atoms with Gasteiger partial charge in [-0.2, -0.15) is 11.8 Å². The number of guanidine groups is 1. The number of aromatic hydroxyl groups is 1. The number of aliphatic imine (C=N–C) groups is 1. The van der Waals surface area contributed by atoms with Gasteiger partial charge in [0.05, 0.1) is 31.8 Å². The van der Waals surface area contributed by atoms with E-state index < -0.39 is 206 Å². The number of imidazole rings is 1. The second kappa shape index (κ2) is 48.5. The maximum atomic E-state index is 15.4. The summed E-state index contributed by atoms with van der Waals surface area (Å²) in [5.74, 6) is -15.8. The summed E-state index contributed by atoms with van der Waals surface area (Å²) in [6, 6.07) is 2.93. The Balaban J connectivity index is 1.27. The fourth-order valence-corrected chi connectivity index (χ4v) is 13.7. The van der Waals surface area contributed by atoms with Crippen molar-refractivity contribution in [1.82, 2.24) is 83.7 Å². The smallest absolute Gasteiger partial charge is 0.303 e. The zero-order valence-corrected chi connectivity index (χ0v) is 67.8. The molecule has 0 aliphatic carbocycles. The number of primary amides is 1. The molecule has 0 unspecified atom stereocenters. The predicted molar refractivity (Wildman–Crippen MR) is 437 cm³/mol. The molecule has 0 radical (unpaired) electrons. The van der Waals surface area contributed by atoms with Crippen LogP contribution < -0.4 is 86.7 Å². The highest BCUT2D eigenvalue weighted by molar-refractivity contribution is 7.98. The summed E-state index contributed by atoms with van der Waals surface area (Å²) in [4.78, 5) is 225. The summed E-state index contributed by atoms with van der Waals surface area (Å²) in [6.07, 6.45) is 4.93. The van der Waals surface area contributed by atoms with Gasteiger partial charge in [-0.3, -0.25) is 76.9 Å². The first kappa shape index (κ1) is 95.6. The normalized spacial score (nSPS) is 15.5. The van der Waals surface area contributed by atoms with Crippen molar-refractivity contribution in [1.29, 1.82) is 0 Å². The van der Waals surface area contributed by atoms with Crippen LogP contribution in [0.25, 0.3) is 10.9 Å². The van der Waals surface area contributed by atoms with Crippen molar-refractivity contribution in [2.45, 2.75) is 190 Å². The number of hydrogen-bond acceptors (Lipinski definition) is 22. The Morgan fingerprint density at radius 1 is 0.588 bits per heavy atom. The Morgan fingerprint density at radius 2 is 1.14 bits per heavy atom. The van der Waals surface area contributed by atoms with E-state index in [0.29, 0.717) is 46.9 Å². The summed E-state index contributed by atoms with van der Waals surface area (Å²) in [5.41, 5.74) is 25.0. The number of nitrogens with one attached hydrogen (secondary N) is 14. The van der Waals surface area contributed by atoms with Gasteiger partial charge >= 0.3 is 5.97 Å². The fourth-order valence-electron chi connectivity index (χ4n) is 13.2. The Hall–Kier alpha value is -12.2. The molecule has 119 heavy (non-hydrogen) atoms. The number of nitrogens with two attached hydrogens (primary N) is 4. The molecule has 6 rings (SSSR count).